The number of aliphatic imine (C=N–C) groups is 1. The molecule has 1 aromatic heterocycles. The lowest BCUT2D eigenvalue weighted by atomic mass is 10.3. The summed E-state index contributed by atoms with van der Waals surface area (Å²) in [6.07, 6.45) is 1.87. The van der Waals surface area contributed by atoms with Crippen molar-refractivity contribution in [2.75, 3.05) is 19.7 Å². The molecule has 132 valence electrons. The third-order valence-corrected chi connectivity index (χ3v) is 4.01. The lowest BCUT2D eigenvalue weighted by Crippen LogP contribution is -2.39. The normalized spacial score (nSPS) is 10.9. The second kappa shape index (κ2) is 11.5. The number of nitrogens with zero attached hydrogens (tertiary/aromatic N) is 2. The minimum absolute atomic E-state index is 0. The quantitative estimate of drug-likeness (QED) is 0.273. The minimum atomic E-state index is 0. The van der Waals surface area contributed by atoms with E-state index in [1.165, 1.54) is 4.88 Å². The van der Waals surface area contributed by atoms with Crippen LogP contribution in [-0.4, -0.2) is 30.6 Å². The number of aryl methyl sites for hydroxylation is 1. The second-order valence-electron chi connectivity index (χ2n) is 4.79. The van der Waals surface area contributed by atoms with Crippen LogP contribution in [0.2, 0.25) is 5.02 Å². The summed E-state index contributed by atoms with van der Waals surface area (Å²) in [4.78, 5) is 10.0. The maximum atomic E-state index is 5.84. The number of hydrogen-bond acceptors (Lipinski definition) is 4. The summed E-state index contributed by atoms with van der Waals surface area (Å²) in [7, 11) is 0. The smallest absolute Gasteiger partial charge is 0.191 e. The Morgan fingerprint density at radius 1 is 1.29 bits per heavy atom. The number of hydrogen-bond donors (Lipinski definition) is 2. The van der Waals surface area contributed by atoms with E-state index < -0.39 is 0 Å². The van der Waals surface area contributed by atoms with E-state index in [1.54, 1.807) is 11.3 Å². The highest BCUT2D eigenvalue weighted by atomic mass is 127. The number of nitrogens with one attached hydrogen (secondary N) is 2. The maximum Gasteiger partial charge on any atom is 0.191 e. The van der Waals surface area contributed by atoms with Gasteiger partial charge in [0, 0.05) is 22.6 Å². The first-order chi connectivity index (χ1) is 11.2. The van der Waals surface area contributed by atoms with Crippen molar-refractivity contribution in [1.29, 1.82) is 0 Å². The summed E-state index contributed by atoms with van der Waals surface area (Å²) in [6.45, 7) is 6.66. The zero-order chi connectivity index (χ0) is 16.5. The van der Waals surface area contributed by atoms with Crippen LogP contribution in [0.3, 0.4) is 0 Å². The molecule has 0 saturated carbocycles. The largest absolute Gasteiger partial charge is 0.492 e. The van der Waals surface area contributed by atoms with Crippen LogP contribution in [0, 0.1) is 6.92 Å². The van der Waals surface area contributed by atoms with Crippen LogP contribution < -0.4 is 15.4 Å². The summed E-state index contributed by atoms with van der Waals surface area (Å²) in [5.41, 5.74) is 0. The fourth-order valence-corrected chi connectivity index (χ4v) is 2.67. The zero-order valence-electron chi connectivity index (χ0n) is 13.7. The van der Waals surface area contributed by atoms with Crippen molar-refractivity contribution in [2.45, 2.75) is 20.4 Å². The van der Waals surface area contributed by atoms with Crippen molar-refractivity contribution in [1.82, 2.24) is 15.6 Å². The van der Waals surface area contributed by atoms with Crippen molar-refractivity contribution in [3.8, 4) is 5.75 Å². The van der Waals surface area contributed by atoms with Crippen molar-refractivity contribution >= 4 is 52.9 Å². The maximum absolute atomic E-state index is 5.84. The van der Waals surface area contributed by atoms with Crippen LogP contribution >= 0.6 is 46.9 Å². The molecule has 0 fully saturated rings. The molecule has 0 aliphatic rings. The van der Waals surface area contributed by atoms with Crippen LogP contribution in [0.1, 0.15) is 16.8 Å². The standard InChI is InChI=1S/C16H21ClN4OS.HI/c1-3-18-16(21-11-15-20-10-12(2)23-15)19-8-9-22-14-6-4-13(17)5-7-14;/h4-7,10H,3,8-9,11H2,1-2H3,(H2,18,19,21);1H. The van der Waals surface area contributed by atoms with Gasteiger partial charge in [-0.25, -0.2) is 9.98 Å². The first-order valence-electron chi connectivity index (χ1n) is 7.49. The fourth-order valence-electron chi connectivity index (χ4n) is 1.83. The van der Waals surface area contributed by atoms with Gasteiger partial charge in [0.15, 0.2) is 5.96 Å². The molecule has 0 saturated heterocycles. The van der Waals surface area contributed by atoms with Gasteiger partial charge in [-0.15, -0.1) is 35.3 Å². The van der Waals surface area contributed by atoms with Crippen LogP contribution in [0.15, 0.2) is 35.5 Å². The van der Waals surface area contributed by atoms with Crippen LogP contribution in [0.4, 0.5) is 0 Å². The monoisotopic (exact) mass is 480 g/mol. The Kier molecular flexibility index (Phi) is 10.0. The molecule has 0 unspecified atom stereocenters. The molecule has 1 aromatic carbocycles. The first kappa shape index (κ1) is 21.0. The van der Waals surface area contributed by atoms with E-state index in [2.05, 4.69) is 20.6 Å². The Morgan fingerprint density at radius 2 is 2.04 bits per heavy atom. The Hall–Kier alpha value is -1.06. The van der Waals surface area contributed by atoms with E-state index >= 15 is 0 Å². The van der Waals surface area contributed by atoms with E-state index in [-0.39, 0.29) is 24.0 Å². The van der Waals surface area contributed by atoms with Gasteiger partial charge in [-0.05, 0) is 38.1 Å². The topological polar surface area (TPSA) is 58.5 Å². The van der Waals surface area contributed by atoms with Gasteiger partial charge in [0.1, 0.15) is 17.4 Å². The molecule has 2 rings (SSSR count). The number of ether oxygens (including phenoxy) is 1. The molecule has 0 atom stereocenters. The van der Waals surface area contributed by atoms with E-state index in [0.29, 0.717) is 24.7 Å². The summed E-state index contributed by atoms with van der Waals surface area (Å²) in [5, 5.41) is 8.17. The SMILES string of the molecule is CCNC(=NCc1ncc(C)s1)NCCOc1ccc(Cl)cc1.I. The molecule has 0 spiro atoms. The summed E-state index contributed by atoms with van der Waals surface area (Å²) in [5.74, 6) is 1.57. The average molecular weight is 481 g/mol. The Bertz CT molecular complexity index is 633. The molecule has 8 heteroatoms. The van der Waals surface area contributed by atoms with Crippen LogP contribution in [-0.2, 0) is 6.54 Å². The molecular weight excluding hydrogens is 459 g/mol. The highest BCUT2D eigenvalue weighted by molar-refractivity contribution is 14.0. The van der Waals surface area contributed by atoms with Crippen LogP contribution in [0.5, 0.6) is 5.75 Å². The van der Waals surface area contributed by atoms with Crippen molar-refractivity contribution in [2.24, 2.45) is 4.99 Å². The molecular formula is C16H22ClIN4OS. The number of rotatable bonds is 7. The lowest BCUT2D eigenvalue weighted by molar-refractivity contribution is 0.322. The van der Waals surface area contributed by atoms with E-state index in [9.17, 15) is 0 Å². The number of aromatic nitrogens is 1. The van der Waals surface area contributed by atoms with Crippen molar-refractivity contribution in [3.05, 3.63) is 45.4 Å². The number of benzene rings is 1. The molecule has 0 radical (unpaired) electrons. The Balaban J connectivity index is 0.00000288. The van der Waals surface area contributed by atoms with Gasteiger partial charge in [-0.1, -0.05) is 11.6 Å². The molecule has 24 heavy (non-hydrogen) atoms. The van der Waals surface area contributed by atoms with Gasteiger partial charge >= 0.3 is 0 Å². The predicted octanol–water partition coefficient (Wildman–Crippen LogP) is 3.86. The number of thiazole rings is 1. The Labute approximate surface area is 168 Å². The molecule has 2 aromatic rings. The zero-order valence-corrected chi connectivity index (χ0v) is 17.6. The lowest BCUT2D eigenvalue weighted by Gasteiger charge is -2.11. The minimum Gasteiger partial charge on any atom is -0.492 e. The second-order valence-corrected chi connectivity index (χ2v) is 6.54. The van der Waals surface area contributed by atoms with Gasteiger partial charge in [-0.2, -0.15) is 0 Å². The number of guanidine groups is 1. The molecule has 0 amide bonds. The van der Waals surface area contributed by atoms with Gasteiger partial charge in [0.25, 0.3) is 0 Å². The summed E-state index contributed by atoms with van der Waals surface area (Å²) < 4.78 is 5.64. The predicted molar refractivity (Wildman–Crippen MR) is 112 cm³/mol. The van der Waals surface area contributed by atoms with Crippen molar-refractivity contribution in [3.63, 3.8) is 0 Å². The van der Waals surface area contributed by atoms with E-state index in [0.717, 1.165) is 23.3 Å². The average Bonchev–Trinajstić information content (AvgIpc) is 2.96. The third kappa shape index (κ3) is 7.67. The molecule has 0 aliphatic heterocycles. The van der Waals surface area contributed by atoms with Gasteiger partial charge in [0.05, 0.1) is 13.1 Å². The van der Waals surface area contributed by atoms with E-state index in [4.69, 9.17) is 16.3 Å². The molecule has 0 bridgehead atoms. The fraction of sp³-hybridized carbons (Fsp3) is 0.375. The molecule has 5 nitrogen and oxygen atoms in total. The van der Waals surface area contributed by atoms with Gasteiger partial charge in [-0.3, -0.25) is 0 Å². The van der Waals surface area contributed by atoms with Gasteiger partial charge < -0.3 is 15.4 Å². The highest BCUT2D eigenvalue weighted by Gasteiger charge is 2.01. The first-order valence-corrected chi connectivity index (χ1v) is 8.68. The van der Waals surface area contributed by atoms with Crippen LogP contribution in [0.25, 0.3) is 0 Å². The molecule has 2 N–H and O–H groups in total. The van der Waals surface area contributed by atoms with Gasteiger partial charge in [0.2, 0.25) is 0 Å². The molecule has 0 aliphatic carbocycles. The highest BCUT2D eigenvalue weighted by Crippen LogP contribution is 2.15. The Morgan fingerprint density at radius 3 is 2.67 bits per heavy atom. The summed E-state index contributed by atoms with van der Waals surface area (Å²) >= 11 is 7.51. The number of halogens is 2. The third-order valence-electron chi connectivity index (χ3n) is 2.86. The van der Waals surface area contributed by atoms with Crippen molar-refractivity contribution < 1.29 is 4.74 Å². The molecule has 1 heterocycles. The van der Waals surface area contributed by atoms with E-state index in [1.807, 2.05) is 44.3 Å². The summed E-state index contributed by atoms with van der Waals surface area (Å²) in [6, 6.07) is 7.33.